The van der Waals surface area contributed by atoms with Crippen LogP contribution in [0.15, 0.2) is 52.5 Å². The molecule has 3 rings (SSSR count). The van der Waals surface area contributed by atoms with Crippen molar-refractivity contribution in [1.82, 2.24) is 5.32 Å². The zero-order valence-electron chi connectivity index (χ0n) is 14.0. The first-order chi connectivity index (χ1) is 12.1. The molecule has 0 spiro atoms. The van der Waals surface area contributed by atoms with E-state index in [1.165, 1.54) is 6.26 Å². The Hall–Kier alpha value is -2.60. The molecule has 130 valence electrons. The minimum absolute atomic E-state index is 0.106. The second-order valence-corrected chi connectivity index (χ2v) is 6.95. The van der Waals surface area contributed by atoms with Crippen molar-refractivity contribution in [2.75, 3.05) is 0 Å². The van der Waals surface area contributed by atoms with Crippen LogP contribution in [-0.2, 0) is 16.1 Å². The second-order valence-electron chi connectivity index (χ2n) is 6.04. The van der Waals surface area contributed by atoms with E-state index in [4.69, 9.17) is 9.15 Å². The van der Waals surface area contributed by atoms with Gasteiger partial charge in [-0.25, -0.2) is 4.79 Å². The molecule has 1 aromatic carbocycles. The van der Waals surface area contributed by atoms with E-state index >= 15 is 0 Å². The average molecular weight is 357 g/mol. The smallest absolute Gasteiger partial charge is 0.329 e. The molecule has 1 amide bonds. The molecule has 2 heterocycles. The number of fused-ring (bicyclic) bond motifs is 1. The van der Waals surface area contributed by atoms with E-state index in [1.54, 1.807) is 23.5 Å². The van der Waals surface area contributed by atoms with Crippen LogP contribution in [-0.4, -0.2) is 17.9 Å². The standard InChI is InChI=1S/C19H19NO4S/c1-12(2)17(20-18(21)15-7-5-9-23-15)19(22)24-10-13-11-25-16-8-4-3-6-14(13)16/h3-9,11-12,17H,10H2,1-2H3,(H,20,21)/t17-/m0/s1. The van der Waals surface area contributed by atoms with Gasteiger partial charge in [0.2, 0.25) is 0 Å². The number of furan rings is 1. The molecule has 0 aliphatic heterocycles. The van der Waals surface area contributed by atoms with E-state index in [9.17, 15) is 9.59 Å². The molecule has 2 aromatic heterocycles. The van der Waals surface area contributed by atoms with Crippen LogP contribution in [0.5, 0.6) is 0 Å². The van der Waals surface area contributed by atoms with Crippen molar-refractivity contribution >= 4 is 33.3 Å². The fourth-order valence-electron chi connectivity index (χ4n) is 2.50. The molecule has 0 fully saturated rings. The Morgan fingerprint density at radius 1 is 1.20 bits per heavy atom. The molecule has 25 heavy (non-hydrogen) atoms. The fraction of sp³-hybridized carbons (Fsp3) is 0.263. The van der Waals surface area contributed by atoms with Crippen LogP contribution in [0.2, 0.25) is 0 Å². The van der Waals surface area contributed by atoms with Crippen molar-refractivity contribution in [2.24, 2.45) is 5.92 Å². The Bertz CT molecular complexity index is 867. The molecule has 0 saturated heterocycles. The third-order valence-electron chi connectivity index (χ3n) is 3.88. The third-order valence-corrected chi connectivity index (χ3v) is 4.90. The van der Waals surface area contributed by atoms with Crippen molar-refractivity contribution < 1.29 is 18.7 Å². The Labute approximate surface area is 149 Å². The van der Waals surface area contributed by atoms with Crippen LogP contribution in [0, 0.1) is 5.92 Å². The average Bonchev–Trinajstić information content (AvgIpc) is 3.27. The third kappa shape index (κ3) is 3.91. The molecule has 0 radical (unpaired) electrons. The molecule has 0 aliphatic rings. The van der Waals surface area contributed by atoms with Gasteiger partial charge in [0.05, 0.1) is 6.26 Å². The number of benzene rings is 1. The predicted molar refractivity (Wildman–Crippen MR) is 96.4 cm³/mol. The highest BCUT2D eigenvalue weighted by molar-refractivity contribution is 7.17. The van der Waals surface area contributed by atoms with Crippen LogP contribution in [0.3, 0.4) is 0 Å². The van der Waals surface area contributed by atoms with Gasteiger partial charge in [-0.3, -0.25) is 4.79 Å². The van der Waals surface area contributed by atoms with Crippen molar-refractivity contribution in [3.63, 3.8) is 0 Å². The maximum Gasteiger partial charge on any atom is 0.329 e. The highest BCUT2D eigenvalue weighted by Crippen LogP contribution is 2.26. The number of ether oxygens (including phenoxy) is 1. The first-order valence-electron chi connectivity index (χ1n) is 8.02. The lowest BCUT2D eigenvalue weighted by Gasteiger charge is -2.20. The van der Waals surface area contributed by atoms with E-state index in [0.29, 0.717) is 0 Å². The summed E-state index contributed by atoms with van der Waals surface area (Å²) in [5.41, 5.74) is 0.966. The maximum absolute atomic E-state index is 12.5. The molecular formula is C19H19NO4S. The predicted octanol–water partition coefficient (Wildman–Crippen LogP) is 3.99. The Morgan fingerprint density at radius 2 is 2.00 bits per heavy atom. The van der Waals surface area contributed by atoms with Crippen molar-refractivity contribution in [3.8, 4) is 0 Å². The highest BCUT2D eigenvalue weighted by Gasteiger charge is 2.27. The number of rotatable bonds is 6. The van der Waals surface area contributed by atoms with Gasteiger partial charge in [-0.2, -0.15) is 0 Å². The summed E-state index contributed by atoms with van der Waals surface area (Å²) < 4.78 is 11.7. The van der Waals surface area contributed by atoms with Crippen LogP contribution in [0.1, 0.15) is 30.0 Å². The first kappa shape index (κ1) is 17.2. The number of esters is 1. The van der Waals surface area contributed by atoms with Gasteiger partial charge in [-0.1, -0.05) is 32.0 Å². The monoisotopic (exact) mass is 357 g/mol. The van der Waals surface area contributed by atoms with Gasteiger partial charge in [0.15, 0.2) is 5.76 Å². The summed E-state index contributed by atoms with van der Waals surface area (Å²) in [7, 11) is 0. The summed E-state index contributed by atoms with van der Waals surface area (Å²) in [6.07, 6.45) is 1.42. The molecule has 0 saturated carbocycles. The number of amides is 1. The topological polar surface area (TPSA) is 68.5 Å². The summed E-state index contributed by atoms with van der Waals surface area (Å²) >= 11 is 1.62. The van der Waals surface area contributed by atoms with E-state index in [0.717, 1.165) is 15.6 Å². The molecule has 5 nitrogen and oxygen atoms in total. The molecule has 0 bridgehead atoms. The zero-order chi connectivity index (χ0) is 17.8. The van der Waals surface area contributed by atoms with Crippen molar-refractivity contribution in [1.29, 1.82) is 0 Å². The van der Waals surface area contributed by atoms with Gasteiger partial charge in [0, 0.05) is 10.3 Å². The van der Waals surface area contributed by atoms with E-state index in [1.807, 2.05) is 43.5 Å². The summed E-state index contributed by atoms with van der Waals surface area (Å²) in [4.78, 5) is 24.6. The second kappa shape index (κ2) is 7.53. The van der Waals surface area contributed by atoms with Crippen molar-refractivity contribution in [3.05, 3.63) is 59.4 Å². The van der Waals surface area contributed by atoms with Gasteiger partial charge in [0.1, 0.15) is 12.6 Å². The number of hydrogen-bond donors (Lipinski definition) is 1. The molecule has 1 N–H and O–H groups in total. The summed E-state index contributed by atoms with van der Waals surface area (Å²) in [5.74, 6) is -0.820. The molecule has 0 unspecified atom stereocenters. The highest BCUT2D eigenvalue weighted by atomic mass is 32.1. The van der Waals surface area contributed by atoms with Crippen LogP contribution in [0.4, 0.5) is 0 Å². The molecule has 0 aliphatic carbocycles. The zero-order valence-corrected chi connectivity index (χ0v) is 14.8. The van der Waals surface area contributed by atoms with Gasteiger partial charge >= 0.3 is 5.97 Å². The number of carbonyl (C=O) groups excluding carboxylic acids is 2. The van der Waals surface area contributed by atoms with Crippen LogP contribution < -0.4 is 5.32 Å². The lowest BCUT2D eigenvalue weighted by atomic mass is 10.0. The molecular weight excluding hydrogens is 338 g/mol. The molecule has 1 atom stereocenters. The minimum atomic E-state index is -0.734. The largest absolute Gasteiger partial charge is 0.459 e. The normalized spacial score (nSPS) is 12.3. The Kier molecular flexibility index (Phi) is 5.19. The number of thiophene rings is 1. The molecule has 6 heteroatoms. The van der Waals surface area contributed by atoms with E-state index < -0.39 is 17.9 Å². The first-order valence-corrected chi connectivity index (χ1v) is 8.90. The Morgan fingerprint density at radius 3 is 2.72 bits per heavy atom. The molecule has 3 aromatic rings. The summed E-state index contributed by atoms with van der Waals surface area (Å²) in [6, 6.07) is 10.4. The quantitative estimate of drug-likeness (QED) is 0.677. The fourth-order valence-corrected chi connectivity index (χ4v) is 3.45. The van der Waals surface area contributed by atoms with Gasteiger partial charge < -0.3 is 14.5 Å². The van der Waals surface area contributed by atoms with Gasteiger partial charge in [-0.05, 0) is 34.9 Å². The van der Waals surface area contributed by atoms with Gasteiger partial charge in [0.25, 0.3) is 5.91 Å². The van der Waals surface area contributed by atoms with Crippen LogP contribution >= 0.6 is 11.3 Å². The lowest BCUT2D eigenvalue weighted by Crippen LogP contribution is -2.45. The van der Waals surface area contributed by atoms with E-state index in [2.05, 4.69) is 5.32 Å². The van der Waals surface area contributed by atoms with Gasteiger partial charge in [-0.15, -0.1) is 11.3 Å². The van der Waals surface area contributed by atoms with E-state index in [-0.39, 0.29) is 18.3 Å². The SMILES string of the molecule is CC(C)[C@H](NC(=O)c1ccco1)C(=O)OCc1csc2ccccc12. The number of nitrogens with one attached hydrogen (secondary N) is 1. The van der Waals surface area contributed by atoms with Crippen molar-refractivity contribution in [2.45, 2.75) is 26.5 Å². The minimum Gasteiger partial charge on any atom is -0.459 e. The number of hydrogen-bond acceptors (Lipinski definition) is 5. The Balaban J connectivity index is 1.66. The lowest BCUT2D eigenvalue weighted by molar-refractivity contribution is -0.148. The summed E-state index contributed by atoms with van der Waals surface area (Å²) in [5, 5.41) is 5.76. The summed E-state index contributed by atoms with van der Waals surface area (Å²) in [6.45, 7) is 3.89. The number of carbonyl (C=O) groups is 2. The maximum atomic E-state index is 12.5. The van der Waals surface area contributed by atoms with Crippen LogP contribution in [0.25, 0.3) is 10.1 Å².